The quantitative estimate of drug-likeness (QED) is 0.458. The molecule has 0 heterocycles. The van der Waals surface area contributed by atoms with Gasteiger partial charge < -0.3 is 4.74 Å². The Balaban J connectivity index is 1.92. The molecule has 1 unspecified atom stereocenters. The first kappa shape index (κ1) is 18.1. The lowest BCUT2D eigenvalue weighted by atomic mass is 10.0. The van der Waals surface area contributed by atoms with E-state index < -0.39 is 0 Å². The lowest BCUT2D eigenvalue weighted by molar-refractivity contribution is 0.0979. The third kappa shape index (κ3) is 5.43. The van der Waals surface area contributed by atoms with E-state index in [1.54, 1.807) is 12.1 Å². The second-order valence-electron chi connectivity index (χ2n) is 5.89. The van der Waals surface area contributed by atoms with Crippen molar-refractivity contribution >= 4 is 17.5 Å². The Kier molecular flexibility index (Phi) is 6.89. The highest BCUT2D eigenvalue weighted by Crippen LogP contribution is 2.25. The van der Waals surface area contributed by atoms with Crippen molar-refractivity contribution in [1.29, 1.82) is 5.26 Å². The maximum absolute atomic E-state index is 12.3. The first-order valence-electron chi connectivity index (χ1n) is 8.01. The Morgan fingerprint density at radius 3 is 2.29 bits per heavy atom. The van der Waals surface area contributed by atoms with Gasteiger partial charge in [-0.3, -0.25) is 4.79 Å². The molecule has 0 aliphatic rings. The Morgan fingerprint density at radius 1 is 1.08 bits per heavy atom. The molecular weight excluding hydrogens is 318 g/mol. The number of carbonyl (C=O) groups excluding carboxylic acids is 1. The summed E-state index contributed by atoms with van der Waals surface area (Å²) in [6, 6.07) is 16.7. The van der Waals surface area contributed by atoms with Gasteiger partial charge in [-0.05, 0) is 60.5 Å². The molecule has 2 aromatic rings. The van der Waals surface area contributed by atoms with Gasteiger partial charge in [-0.25, -0.2) is 0 Å². The Hall–Kier alpha value is -2.25. The normalized spacial score (nSPS) is 11.8. The smallest absolute Gasteiger partial charge is 0.162 e. The van der Waals surface area contributed by atoms with Crippen LogP contribution in [0.1, 0.15) is 37.0 Å². The molecule has 124 valence electrons. The molecule has 0 radical (unpaired) electrons. The number of Topliss-reactive ketones (excluding diaryl/α,β-unsaturated/α-hetero) is 1. The zero-order valence-corrected chi connectivity index (χ0v) is 14.8. The van der Waals surface area contributed by atoms with Crippen molar-refractivity contribution in [2.24, 2.45) is 5.92 Å². The van der Waals surface area contributed by atoms with Gasteiger partial charge in [-0.2, -0.15) is 5.26 Å². The second kappa shape index (κ2) is 9.14. The second-order valence-corrected chi connectivity index (χ2v) is 6.92. The number of rotatable bonds is 8. The largest absolute Gasteiger partial charge is 0.457 e. The number of benzene rings is 2. The van der Waals surface area contributed by atoms with Crippen LogP contribution in [0, 0.1) is 16.6 Å². The van der Waals surface area contributed by atoms with E-state index in [0.29, 0.717) is 23.7 Å². The van der Waals surface area contributed by atoms with Gasteiger partial charge in [0.15, 0.2) is 5.78 Å². The van der Waals surface area contributed by atoms with Crippen LogP contribution in [0.25, 0.3) is 0 Å². The lowest BCUT2D eigenvalue weighted by Crippen LogP contribution is -2.13. The number of ether oxygens (including phenoxy) is 1. The van der Waals surface area contributed by atoms with Gasteiger partial charge in [0.05, 0.1) is 0 Å². The zero-order chi connectivity index (χ0) is 17.4. The highest BCUT2D eigenvalue weighted by atomic mass is 32.2. The fourth-order valence-corrected chi connectivity index (χ4v) is 2.99. The van der Waals surface area contributed by atoms with Crippen LogP contribution in [-0.2, 0) is 0 Å². The molecule has 3 nitrogen and oxygen atoms in total. The SMILES string of the molecule is CC(C)C(CCC(=O)c1ccc(Oc2ccccc2)cc1)SC#N. The van der Waals surface area contributed by atoms with Crippen LogP contribution in [0.2, 0.25) is 0 Å². The molecule has 24 heavy (non-hydrogen) atoms. The molecule has 0 aromatic heterocycles. The molecular formula is C20H21NO2S. The predicted molar refractivity (Wildman–Crippen MR) is 98.4 cm³/mol. The van der Waals surface area contributed by atoms with Crippen LogP contribution in [0.15, 0.2) is 54.6 Å². The van der Waals surface area contributed by atoms with E-state index in [-0.39, 0.29) is 11.0 Å². The molecule has 0 amide bonds. The summed E-state index contributed by atoms with van der Waals surface area (Å²) in [4.78, 5) is 12.3. The molecule has 0 spiro atoms. The van der Waals surface area contributed by atoms with E-state index in [1.165, 1.54) is 11.8 Å². The number of para-hydroxylation sites is 1. The van der Waals surface area contributed by atoms with Gasteiger partial charge >= 0.3 is 0 Å². The third-order valence-electron chi connectivity index (χ3n) is 3.76. The summed E-state index contributed by atoms with van der Waals surface area (Å²) < 4.78 is 5.72. The Morgan fingerprint density at radius 2 is 1.71 bits per heavy atom. The summed E-state index contributed by atoms with van der Waals surface area (Å²) in [5.74, 6) is 1.96. The number of ketones is 1. The van der Waals surface area contributed by atoms with E-state index in [1.807, 2.05) is 42.5 Å². The Bertz CT molecular complexity index is 690. The van der Waals surface area contributed by atoms with Crippen molar-refractivity contribution in [3.8, 4) is 16.9 Å². The summed E-state index contributed by atoms with van der Waals surface area (Å²) in [6.07, 6.45) is 1.17. The summed E-state index contributed by atoms with van der Waals surface area (Å²) in [7, 11) is 0. The standard InChI is InChI=1S/C20H21NO2S/c1-15(2)20(24-14-21)13-12-19(22)16-8-10-18(11-9-16)23-17-6-4-3-5-7-17/h3-11,15,20H,12-13H2,1-2H3. The van der Waals surface area contributed by atoms with Crippen molar-refractivity contribution < 1.29 is 9.53 Å². The van der Waals surface area contributed by atoms with E-state index in [4.69, 9.17) is 10.00 Å². The predicted octanol–water partition coefficient (Wildman–Crippen LogP) is 5.68. The molecule has 0 N–H and O–H groups in total. The van der Waals surface area contributed by atoms with Crippen molar-refractivity contribution in [2.75, 3.05) is 0 Å². The number of carbonyl (C=O) groups is 1. The fourth-order valence-electron chi connectivity index (χ4n) is 2.35. The zero-order valence-electron chi connectivity index (χ0n) is 13.9. The topological polar surface area (TPSA) is 50.1 Å². The first-order chi connectivity index (χ1) is 11.6. The molecule has 2 rings (SSSR count). The molecule has 2 aromatic carbocycles. The van der Waals surface area contributed by atoms with Gasteiger partial charge in [0.25, 0.3) is 0 Å². The average molecular weight is 339 g/mol. The molecule has 0 aliphatic carbocycles. The number of nitrogens with zero attached hydrogens (tertiary/aromatic N) is 1. The van der Waals surface area contributed by atoms with E-state index in [0.717, 1.165) is 12.2 Å². The number of thiocyanates is 1. The monoisotopic (exact) mass is 339 g/mol. The van der Waals surface area contributed by atoms with Crippen molar-refractivity contribution in [3.63, 3.8) is 0 Å². The number of hydrogen-bond donors (Lipinski definition) is 0. The van der Waals surface area contributed by atoms with Gasteiger partial charge in [-0.1, -0.05) is 32.0 Å². The van der Waals surface area contributed by atoms with Gasteiger partial charge in [-0.15, -0.1) is 0 Å². The first-order valence-corrected chi connectivity index (χ1v) is 8.89. The minimum Gasteiger partial charge on any atom is -0.457 e. The molecule has 0 saturated heterocycles. The molecule has 4 heteroatoms. The van der Waals surface area contributed by atoms with Crippen LogP contribution < -0.4 is 4.74 Å². The van der Waals surface area contributed by atoms with E-state index in [2.05, 4.69) is 19.2 Å². The van der Waals surface area contributed by atoms with Crippen molar-refractivity contribution in [2.45, 2.75) is 31.9 Å². The average Bonchev–Trinajstić information content (AvgIpc) is 2.59. The van der Waals surface area contributed by atoms with Crippen LogP contribution in [0.3, 0.4) is 0 Å². The fraction of sp³-hybridized carbons (Fsp3) is 0.300. The van der Waals surface area contributed by atoms with Crippen LogP contribution in [0.5, 0.6) is 11.5 Å². The molecule has 0 bridgehead atoms. The van der Waals surface area contributed by atoms with Gasteiger partial charge in [0.2, 0.25) is 0 Å². The van der Waals surface area contributed by atoms with Gasteiger partial charge in [0, 0.05) is 17.2 Å². The maximum atomic E-state index is 12.3. The van der Waals surface area contributed by atoms with Gasteiger partial charge in [0.1, 0.15) is 16.9 Å². The molecule has 0 saturated carbocycles. The lowest BCUT2D eigenvalue weighted by Gasteiger charge is -2.16. The van der Waals surface area contributed by atoms with Crippen molar-refractivity contribution in [3.05, 3.63) is 60.2 Å². The minimum atomic E-state index is 0.102. The van der Waals surface area contributed by atoms with Crippen LogP contribution in [-0.4, -0.2) is 11.0 Å². The summed E-state index contributed by atoms with van der Waals surface area (Å²) in [5.41, 5.74) is 0.680. The summed E-state index contributed by atoms with van der Waals surface area (Å²) in [6.45, 7) is 4.16. The molecule has 1 atom stereocenters. The minimum absolute atomic E-state index is 0.102. The maximum Gasteiger partial charge on any atom is 0.162 e. The molecule has 0 aliphatic heterocycles. The summed E-state index contributed by atoms with van der Waals surface area (Å²) in [5, 5.41) is 11.2. The highest BCUT2D eigenvalue weighted by molar-refractivity contribution is 8.04. The van der Waals surface area contributed by atoms with E-state index >= 15 is 0 Å². The van der Waals surface area contributed by atoms with Crippen LogP contribution in [0.4, 0.5) is 0 Å². The number of hydrogen-bond acceptors (Lipinski definition) is 4. The van der Waals surface area contributed by atoms with Crippen molar-refractivity contribution in [1.82, 2.24) is 0 Å². The van der Waals surface area contributed by atoms with E-state index in [9.17, 15) is 4.79 Å². The van der Waals surface area contributed by atoms with Crippen LogP contribution >= 0.6 is 11.8 Å². The number of nitriles is 1. The summed E-state index contributed by atoms with van der Waals surface area (Å²) >= 11 is 1.26. The Labute approximate surface area is 147 Å². The third-order valence-corrected chi connectivity index (χ3v) is 4.95. The molecule has 0 fully saturated rings. The number of thioether (sulfide) groups is 1. The highest BCUT2D eigenvalue weighted by Gasteiger charge is 2.16.